The minimum Gasteiger partial charge on any atom is -0.462 e. The van der Waals surface area contributed by atoms with Gasteiger partial charge in [-0.1, -0.05) is 272 Å². The molecule has 17 nitrogen and oxygen atoms in total. The Morgan fingerprint density at radius 1 is 0.325 bits per heavy atom. The highest BCUT2D eigenvalue weighted by Crippen LogP contribution is 2.45. The number of hydrogen-bond donors (Lipinski definition) is 3. The molecule has 0 bridgehead atoms. The Morgan fingerprint density at radius 3 is 0.819 bits per heavy atom. The standard InChI is InChI=1S/C64H124O17P2/c1-6-9-12-15-18-21-23-24-26-29-34-39-44-49-63(68)80-59(53-75-62(67)48-43-38-33-28-25-22-19-16-13-10-7-2)55-78-82(70,71)76-51-58(65)52-77-83(72,73)79-56-60(54-74-61(66)47-42-37-32-27-20-17-14-11-8-3)81-64(69)50-45-40-35-30-31-36-41-46-57(4)5/h57-60,65H,6-56H2,1-5H3,(H,70,71)(H,72,73)/t58-,59-,60-/m1/s1. The molecular weight excluding hydrogens is 1100 g/mol. The van der Waals surface area contributed by atoms with Crippen LogP contribution in [0.25, 0.3) is 0 Å². The van der Waals surface area contributed by atoms with Crippen LogP contribution in [0.4, 0.5) is 0 Å². The Labute approximate surface area is 505 Å². The monoisotopic (exact) mass is 1230 g/mol. The number of ether oxygens (including phenoxy) is 4. The van der Waals surface area contributed by atoms with Gasteiger partial charge in [0.1, 0.15) is 19.3 Å². The smallest absolute Gasteiger partial charge is 0.462 e. The molecule has 0 heterocycles. The van der Waals surface area contributed by atoms with Gasteiger partial charge in [-0.2, -0.15) is 0 Å². The normalized spacial score (nSPS) is 14.2. The number of unbranched alkanes of at least 4 members (excludes halogenated alkanes) is 36. The molecule has 0 spiro atoms. The van der Waals surface area contributed by atoms with Crippen LogP contribution in [-0.4, -0.2) is 96.7 Å². The Hall–Kier alpha value is -1.94. The maximum absolute atomic E-state index is 13.0. The number of hydrogen-bond acceptors (Lipinski definition) is 15. The first-order valence-corrected chi connectivity index (χ1v) is 36.6. The Balaban J connectivity index is 5.23. The number of carbonyl (C=O) groups is 4. The summed E-state index contributed by atoms with van der Waals surface area (Å²) in [6.45, 7) is 7.12. The van der Waals surface area contributed by atoms with Gasteiger partial charge in [0, 0.05) is 25.7 Å². The molecule has 0 radical (unpaired) electrons. The van der Waals surface area contributed by atoms with E-state index >= 15 is 0 Å². The zero-order chi connectivity index (χ0) is 61.3. The van der Waals surface area contributed by atoms with Crippen LogP contribution >= 0.6 is 15.6 Å². The minimum absolute atomic E-state index is 0.104. The van der Waals surface area contributed by atoms with E-state index in [0.29, 0.717) is 31.6 Å². The lowest BCUT2D eigenvalue weighted by molar-refractivity contribution is -0.161. The van der Waals surface area contributed by atoms with Crippen LogP contribution in [0, 0.1) is 5.92 Å². The van der Waals surface area contributed by atoms with Gasteiger partial charge in [0.15, 0.2) is 12.2 Å². The first kappa shape index (κ1) is 81.1. The van der Waals surface area contributed by atoms with Crippen LogP contribution in [0.2, 0.25) is 0 Å². The van der Waals surface area contributed by atoms with Crippen molar-refractivity contribution in [2.45, 2.75) is 342 Å². The molecule has 0 aromatic heterocycles. The average Bonchev–Trinajstić information content (AvgIpc) is 3.47. The van der Waals surface area contributed by atoms with Crippen molar-refractivity contribution in [1.29, 1.82) is 0 Å². The third kappa shape index (κ3) is 58.8. The fourth-order valence-corrected chi connectivity index (χ4v) is 11.2. The topological polar surface area (TPSA) is 237 Å². The van der Waals surface area contributed by atoms with Crippen LogP contribution in [0.1, 0.15) is 324 Å². The highest BCUT2D eigenvalue weighted by molar-refractivity contribution is 7.47. The van der Waals surface area contributed by atoms with Crippen molar-refractivity contribution in [2.24, 2.45) is 5.92 Å². The molecule has 2 unspecified atom stereocenters. The summed E-state index contributed by atoms with van der Waals surface area (Å²) in [5, 5.41) is 10.5. The van der Waals surface area contributed by atoms with E-state index in [0.717, 1.165) is 89.9 Å². The van der Waals surface area contributed by atoms with Gasteiger partial charge in [-0.25, -0.2) is 9.13 Å². The number of phosphoric ester groups is 2. The van der Waals surface area contributed by atoms with Crippen LogP contribution in [0.15, 0.2) is 0 Å². The van der Waals surface area contributed by atoms with Crippen molar-refractivity contribution in [1.82, 2.24) is 0 Å². The lowest BCUT2D eigenvalue weighted by Crippen LogP contribution is -2.30. The van der Waals surface area contributed by atoms with E-state index in [1.807, 2.05) is 0 Å². The number of phosphoric acid groups is 2. The maximum atomic E-state index is 13.0. The molecule has 0 aliphatic carbocycles. The predicted molar refractivity (Wildman–Crippen MR) is 331 cm³/mol. The molecule has 83 heavy (non-hydrogen) atoms. The third-order valence-corrected chi connectivity index (χ3v) is 16.7. The summed E-state index contributed by atoms with van der Waals surface area (Å²) < 4.78 is 68.0. The molecule has 0 aromatic carbocycles. The number of carbonyl (C=O) groups excluding carboxylic acids is 4. The van der Waals surface area contributed by atoms with E-state index in [4.69, 9.17) is 37.0 Å². The van der Waals surface area contributed by atoms with Gasteiger partial charge in [0.25, 0.3) is 0 Å². The lowest BCUT2D eigenvalue weighted by Gasteiger charge is -2.21. The Kier molecular flexibility index (Phi) is 56.4. The van der Waals surface area contributed by atoms with Crippen molar-refractivity contribution < 1.29 is 80.2 Å². The fraction of sp³-hybridized carbons (Fsp3) is 0.938. The first-order chi connectivity index (χ1) is 40.0. The summed E-state index contributed by atoms with van der Waals surface area (Å²) in [6.07, 6.45) is 41.7. The van der Waals surface area contributed by atoms with Gasteiger partial charge in [-0.15, -0.1) is 0 Å². The van der Waals surface area contributed by atoms with Gasteiger partial charge < -0.3 is 33.8 Å². The summed E-state index contributed by atoms with van der Waals surface area (Å²) in [5.74, 6) is -1.44. The van der Waals surface area contributed by atoms with Gasteiger partial charge >= 0.3 is 39.5 Å². The van der Waals surface area contributed by atoms with Crippen LogP contribution in [0.5, 0.6) is 0 Å². The minimum atomic E-state index is -4.94. The molecule has 19 heteroatoms. The molecule has 0 rings (SSSR count). The van der Waals surface area contributed by atoms with Crippen molar-refractivity contribution in [2.75, 3.05) is 39.6 Å². The van der Waals surface area contributed by atoms with Crippen molar-refractivity contribution in [3.63, 3.8) is 0 Å². The van der Waals surface area contributed by atoms with E-state index < -0.39 is 97.5 Å². The predicted octanol–water partition coefficient (Wildman–Crippen LogP) is 17.8. The molecule has 0 aliphatic rings. The number of aliphatic hydroxyl groups excluding tert-OH is 1. The third-order valence-electron chi connectivity index (χ3n) is 14.8. The highest BCUT2D eigenvalue weighted by Gasteiger charge is 2.30. The first-order valence-electron chi connectivity index (χ1n) is 33.6. The highest BCUT2D eigenvalue weighted by atomic mass is 31.2. The van der Waals surface area contributed by atoms with Gasteiger partial charge in [0.05, 0.1) is 26.4 Å². The summed E-state index contributed by atoms with van der Waals surface area (Å²) >= 11 is 0. The molecule has 0 aromatic rings. The number of esters is 4. The van der Waals surface area contributed by atoms with Crippen molar-refractivity contribution in [3.8, 4) is 0 Å². The second-order valence-electron chi connectivity index (χ2n) is 23.6. The largest absolute Gasteiger partial charge is 0.472 e. The molecule has 0 saturated carbocycles. The Morgan fingerprint density at radius 2 is 0.554 bits per heavy atom. The maximum Gasteiger partial charge on any atom is 0.472 e. The van der Waals surface area contributed by atoms with E-state index in [9.17, 15) is 43.2 Å². The van der Waals surface area contributed by atoms with Crippen LogP contribution < -0.4 is 0 Å². The van der Waals surface area contributed by atoms with E-state index in [1.165, 1.54) is 148 Å². The van der Waals surface area contributed by atoms with Crippen molar-refractivity contribution >= 4 is 39.5 Å². The fourth-order valence-electron chi connectivity index (χ4n) is 9.58. The molecule has 0 saturated heterocycles. The SMILES string of the molecule is CCCCCCCCCCCCCCCC(=O)O[C@H](COC(=O)CCCCCCCCCCCCC)COP(=O)(O)OC[C@@H](O)COP(=O)(O)OC[C@@H](COC(=O)CCCCCCCCCCC)OC(=O)CCCCCCCCCC(C)C. The van der Waals surface area contributed by atoms with Gasteiger partial charge in [-0.3, -0.25) is 37.3 Å². The summed E-state index contributed by atoms with van der Waals surface area (Å²) in [6, 6.07) is 0. The van der Waals surface area contributed by atoms with E-state index in [-0.39, 0.29) is 25.7 Å². The molecule has 3 N–H and O–H groups in total. The summed E-state index contributed by atoms with van der Waals surface area (Å²) in [4.78, 5) is 72.2. The molecular formula is C64H124O17P2. The number of aliphatic hydroxyl groups is 1. The molecule has 0 fully saturated rings. The zero-order valence-electron chi connectivity index (χ0n) is 53.3. The van der Waals surface area contributed by atoms with Crippen LogP contribution in [-0.2, 0) is 65.4 Å². The second kappa shape index (κ2) is 57.8. The summed E-state index contributed by atoms with van der Waals surface area (Å²) in [7, 11) is -9.88. The number of rotatable bonds is 64. The van der Waals surface area contributed by atoms with Gasteiger partial charge in [-0.05, 0) is 31.6 Å². The lowest BCUT2D eigenvalue weighted by atomic mass is 10.0. The molecule has 0 amide bonds. The average molecular weight is 1230 g/mol. The van der Waals surface area contributed by atoms with Gasteiger partial charge in [0.2, 0.25) is 0 Å². The van der Waals surface area contributed by atoms with E-state index in [1.54, 1.807) is 0 Å². The molecule has 0 aliphatic heterocycles. The quantitative estimate of drug-likeness (QED) is 0.0222. The van der Waals surface area contributed by atoms with Crippen molar-refractivity contribution in [3.05, 3.63) is 0 Å². The van der Waals surface area contributed by atoms with Crippen LogP contribution in [0.3, 0.4) is 0 Å². The molecule has 492 valence electrons. The van der Waals surface area contributed by atoms with E-state index in [2.05, 4.69) is 34.6 Å². The second-order valence-corrected chi connectivity index (χ2v) is 26.5. The summed E-state index contributed by atoms with van der Waals surface area (Å²) in [5.41, 5.74) is 0. The molecule has 5 atom stereocenters. The Bertz CT molecular complexity index is 1620. The zero-order valence-corrected chi connectivity index (χ0v) is 55.1.